The lowest BCUT2D eigenvalue weighted by molar-refractivity contribution is 0.474. The van der Waals surface area contributed by atoms with E-state index in [9.17, 15) is 0 Å². The Hall–Kier alpha value is -1.000. The first kappa shape index (κ1) is 24.0. The summed E-state index contributed by atoms with van der Waals surface area (Å²) in [5.41, 5.74) is 1.07. The van der Waals surface area contributed by atoms with Crippen molar-refractivity contribution in [2.24, 2.45) is 12.0 Å². The van der Waals surface area contributed by atoms with Crippen LogP contribution in [0, 0.1) is 6.92 Å². The van der Waals surface area contributed by atoms with E-state index in [2.05, 4.69) is 26.7 Å². The topological polar surface area (TPSA) is 58.3 Å². The Labute approximate surface area is 188 Å². The van der Waals surface area contributed by atoms with Gasteiger partial charge in [-0.2, -0.15) is 11.8 Å². The maximum atomic E-state index is 6.30. The number of nitrogens with zero attached hydrogens (tertiary/aromatic N) is 5. The number of hydrogen-bond donors (Lipinski definition) is 1. The minimum atomic E-state index is 0. The molecule has 0 aliphatic heterocycles. The Morgan fingerprint density at radius 1 is 1.33 bits per heavy atom. The zero-order valence-electron chi connectivity index (χ0n) is 16.3. The number of aromatic nitrogens is 3. The van der Waals surface area contributed by atoms with E-state index in [1.807, 2.05) is 61.6 Å². The lowest BCUT2D eigenvalue weighted by Crippen LogP contribution is -2.39. The molecule has 0 aliphatic rings. The van der Waals surface area contributed by atoms with Crippen molar-refractivity contribution in [3.63, 3.8) is 0 Å². The zero-order chi connectivity index (χ0) is 18.9. The maximum absolute atomic E-state index is 6.30. The lowest BCUT2D eigenvalue weighted by atomic mass is 10.2. The third-order valence-corrected chi connectivity index (χ3v) is 5.15. The van der Waals surface area contributed by atoms with Crippen LogP contribution in [-0.4, -0.2) is 51.2 Å². The summed E-state index contributed by atoms with van der Waals surface area (Å²) in [6.45, 7) is 3.98. The minimum absolute atomic E-state index is 0. The first-order valence-corrected chi connectivity index (χ1v) is 10.4. The van der Waals surface area contributed by atoms with Crippen molar-refractivity contribution in [2.45, 2.75) is 26.4 Å². The summed E-state index contributed by atoms with van der Waals surface area (Å²) in [5.74, 6) is 3.69. The van der Waals surface area contributed by atoms with E-state index < -0.39 is 0 Å². The molecule has 0 bridgehead atoms. The number of aliphatic imine (C=N–C) groups is 1. The predicted octanol–water partition coefficient (Wildman–Crippen LogP) is 3.73. The molecule has 27 heavy (non-hydrogen) atoms. The summed E-state index contributed by atoms with van der Waals surface area (Å²) in [4.78, 5) is 6.84. The van der Waals surface area contributed by atoms with Crippen LogP contribution in [0.5, 0.6) is 0 Å². The molecular weight excluding hydrogens is 495 g/mol. The molecule has 0 saturated heterocycles. The van der Waals surface area contributed by atoms with E-state index in [-0.39, 0.29) is 24.0 Å². The number of benzene rings is 1. The lowest BCUT2D eigenvalue weighted by Gasteiger charge is -2.23. The van der Waals surface area contributed by atoms with E-state index in [0.29, 0.717) is 13.1 Å². The summed E-state index contributed by atoms with van der Waals surface area (Å²) in [6, 6.07) is 7.89. The molecule has 0 aliphatic carbocycles. The number of guanidine groups is 1. The van der Waals surface area contributed by atoms with Gasteiger partial charge in [-0.05, 0) is 37.0 Å². The molecule has 1 heterocycles. The molecule has 0 saturated carbocycles. The summed E-state index contributed by atoms with van der Waals surface area (Å²) in [7, 11) is 3.98. The van der Waals surface area contributed by atoms with Crippen molar-refractivity contribution in [3.05, 3.63) is 46.5 Å². The zero-order valence-corrected chi connectivity index (χ0v) is 20.2. The monoisotopic (exact) mass is 522 g/mol. The molecule has 150 valence electrons. The van der Waals surface area contributed by atoms with Gasteiger partial charge in [0, 0.05) is 32.2 Å². The molecule has 1 aromatic carbocycles. The Morgan fingerprint density at radius 2 is 2.07 bits per heavy atom. The van der Waals surface area contributed by atoms with Gasteiger partial charge in [0.05, 0.1) is 0 Å². The second-order valence-corrected chi connectivity index (χ2v) is 7.48. The SMILES string of the molecule is CSCCCNC(=NCc1nnc(C)n1C)N(C)Cc1ccccc1Cl.I. The van der Waals surface area contributed by atoms with Crippen LogP contribution in [-0.2, 0) is 20.1 Å². The van der Waals surface area contributed by atoms with Gasteiger partial charge in [0.25, 0.3) is 0 Å². The highest BCUT2D eigenvalue weighted by Crippen LogP contribution is 2.16. The van der Waals surface area contributed by atoms with Gasteiger partial charge in [-0.1, -0.05) is 29.8 Å². The van der Waals surface area contributed by atoms with Crippen LogP contribution in [0.1, 0.15) is 23.6 Å². The number of hydrogen-bond acceptors (Lipinski definition) is 4. The fourth-order valence-electron chi connectivity index (χ4n) is 2.42. The van der Waals surface area contributed by atoms with Crippen LogP contribution >= 0.6 is 47.3 Å². The Balaban J connectivity index is 0.00000364. The summed E-state index contributed by atoms with van der Waals surface area (Å²) in [5, 5.41) is 12.5. The van der Waals surface area contributed by atoms with Gasteiger partial charge >= 0.3 is 0 Å². The number of thioether (sulfide) groups is 1. The first-order valence-electron chi connectivity index (χ1n) is 8.59. The van der Waals surface area contributed by atoms with E-state index in [1.54, 1.807) is 0 Å². The van der Waals surface area contributed by atoms with Gasteiger partial charge in [0.15, 0.2) is 11.8 Å². The van der Waals surface area contributed by atoms with E-state index in [4.69, 9.17) is 16.6 Å². The third-order valence-electron chi connectivity index (χ3n) is 4.09. The molecule has 0 fully saturated rings. The molecule has 0 atom stereocenters. The van der Waals surface area contributed by atoms with Crippen LogP contribution in [0.15, 0.2) is 29.3 Å². The molecule has 9 heteroatoms. The van der Waals surface area contributed by atoms with Crippen LogP contribution in [0.4, 0.5) is 0 Å². The van der Waals surface area contributed by atoms with Gasteiger partial charge in [-0.3, -0.25) is 0 Å². The van der Waals surface area contributed by atoms with Gasteiger partial charge in [-0.15, -0.1) is 34.2 Å². The molecule has 2 rings (SSSR count). The first-order chi connectivity index (χ1) is 12.5. The molecule has 0 radical (unpaired) electrons. The van der Waals surface area contributed by atoms with Crippen molar-refractivity contribution in [1.29, 1.82) is 0 Å². The Morgan fingerprint density at radius 3 is 2.70 bits per heavy atom. The van der Waals surface area contributed by atoms with Gasteiger partial charge in [0.2, 0.25) is 0 Å². The summed E-state index contributed by atoms with van der Waals surface area (Å²) in [6.07, 6.45) is 3.21. The average molecular weight is 523 g/mol. The molecular formula is C18H28ClIN6S. The highest BCUT2D eigenvalue weighted by molar-refractivity contribution is 14.0. The van der Waals surface area contributed by atoms with Crippen molar-refractivity contribution >= 4 is 53.3 Å². The normalized spacial score (nSPS) is 11.2. The third kappa shape index (κ3) is 7.50. The van der Waals surface area contributed by atoms with Crippen molar-refractivity contribution in [1.82, 2.24) is 25.0 Å². The van der Waals surface area contributed by atoms with Crippen LogP contribution in [0.3, 0.4) is 0 Å². The highest BCUT2D eigenvalue weighted by atomic mass is 127. The number of rotatable bonds is 8. The molecule has 6 nitrogen and oxygen atoms in total. The van der Waals surface area contributed by atoms with Crippen molar-refractivity contribution < 1.29 is 0 Å². The van der Waals surface area contributed by atoms with Crippen LogP contribution < -0.4 is 5.32 Å². The van der Waals surface area contributed by atoms with Gasteiger partial charge in [-0.25, -0.2) is 4.99 Å². The van der Waals surface area contributed by atoms with Crippen LogP contribution in [0.2, 0.25) is 5.02 Å². The molecule has 0 amide bonds. The maximum Gasteiger partial charge on any atom is 0.194 e. The molecule has 2 aromatic rings. The molecule has 1 N–H and O–H groups in total. The van der Waals surface area contributed by atoms with Crippen LogP contribution in [0.25, 0.3) is 0 Å². The second kappa shape index (κ2) is 12.5. The molecule has 1 aromatic heterocycles. The van der Waals surface area contributed by atoms with Crippen molar-refractivity contribution in [2.75, 3.05) is 25.6 Å². The van der Waals surface area contributed by atoms with Gasteiger partial charge in [0.1, 0.15) is 12.4 Å². The Bertz CT molecular complexity index is 736. The van der Waals surface area contributed by atoms with E-state index in [0.717, 1.165) is 46.9 Å². The number of aryl methyl sites for hydroxylation is 1. The number of halogens is 2. The fourth-order valence-corrected chi connectivity index (χ4v) is 3.05. The number of nitrogens with one attached hydrogen (secondary N) is 1. The summed E-state index contributed by atoms with van der Waals surface area (Å²) >= 11 is 8.15. The van der Waals surface area contributed by atoms with E-state index in [1.165, 1.54) is 0 Å². The standard InChI is InChI=1S/C18H27ClN6S.HI/c1-14-22-23-17(25(14)3)12-21-18(20-10-7-11-26-4)24(2)13-15-8-5-6-9-16(15)19;/h5-6,8-9H,7,10-13H2,1-4H3,(H,20,21);1H. The quantitative estimate of drug-likeness (QED) is 0.248. The average Bonchev–Trinajstić information content (AvgIpc) is 2.95. The highest BCUT2D eigenvalue weighted by Gasteiger charge is 2.11. The largest absolute Gasteiger partial charge is 0.356 e. The molecule has 0 unspecified atom stereocenters. The predicted molar refractivity (Wildman–Crippen MR) is 126 cm³/mol. The Kier molecular flexibility index (Phi) is 11.1. The molecule has 0 spiro atoms. The second-order valence-electron chi connectivity index (χ2n) is 6.08. The van der Waals surface area contributed by atoms with Crippen molar-refractivity contribution in [3.8, 4) is 0 Å². The summed E-state index contributed by atoms with van der Waals surface area (Å²) < 4.78 is 1.96. The van der Waals surface area contributed by atoms with E-state index >= 15 is 0 Å². The van der Waals surface area contributed by atoms with Gasteiger partial charge < -0.3 is 14.8 Å². The minimum Gasteiger partial charge on any atom is -0.356 e. The smallest absolute Gasteiger partial charge is 0.194 e. The fraction of sp³-hybridized carbons (Fsp3) is 0.500.